The van der Waals surface area contributed by atoms with Crippen molar-refractivity contribution in [3.05, 3.63) is 49.7 Å². The number of anilines is 1. The van der Waals surface area contributed by atoms with Gasteiger partial charge in [0, 0.05) is 22.2 Å². The van der Waals surface area contributed by atoms with E-state index in [9.17, 15) is 13.2 Å². The minimum absolute atomic E-state index is 0.0647. The van der Waals surface area contributed by atoms with Crippen molar-refractivity contribution in [2.45, 2.75) is 0 Å². The van der Waals surface area contributed by atoms with Gasteiger partial charge < -0.3 is 0 Å². The largest absolute Gasteiger partial charge is 0.289 e. The highest BCUT2D eigenvalue weighted by atomic mass is 127. The molecule has 2 rings (SSSR count). The first kappa shape index (κ1) is 14.5. The maximum atomic E-state index is 12.1. The number of hydrogen-bond acceptors (Lipinski definition) is 4. The second-order valence-corrected chi connectivity index (χ2v) is 8.47. The van der Waals surface area contributed by atoms with Gasteiger partial charge in [-0.05, 0) is 52.9 Å². The molecule has 0 aliphatic carbocycles. The molecule has 0 aliphatic heterocycles. The minimum Gasteiger partial charge on any atom is -0.289 e. The molecule has 0 atom stereocenters. The van der Waals surface area contributed by atoms with Gasteiger partial charge in [0.15, 0.2) is 5.78 Å². The van der Waals surface area contributed by atoms with Crippen molar-refractivity contribution in [2.75, 3.05) is 11.0 Å². The monoisotopic (exact) mass is 407 g/mol. The van der Waals surface area contributed by atoms with E-state index < -0.39 is 10.0 Å². The SMILES string of the molecule is CS(=O)(=O)Nc1ccc(C(=O)c2csc(I)c2)cc1. The number of ketones is 1. The second kappa shape index (κ2) is 5.59. The Morgan fingerprint density at radius 2 is 1.84 bits per heavy atom. The summed E-state index contributed by atoms with van der Waals surface area (Å²) < 4.78 is 25.5. The van der Waals surface area contributed by atoms with Crippen LogP contribution < -0.4 is 4.72 Å². The summed E-state index contributed by atoms with van der Waals surface area (Å²) in [7, 11) is -3.29. The molecule has 0 radical (unpaired) electrons. The molecule has 0 aliphatic rings. The number of benzene rings is 1. The lowest BCUT2D eigenvalue weighted by atomic mass is 10.1. The highest BCUT2D eigenvalue weighted by molar-refractivity contribution is 14.1. The number of rotatable bonds is 4. The number of sulfonamides is 1. The summed E-state index contributed by atoms with van der Waals surface area (Å²) in [6, 6.07) is 8.20. The van der Waals surface area contributed by atoms with Crippen LogP contribution in [0, 0.1) is 2.88 Å². The molecule has 0 fully saturated rings. The van der Waals surface area contributed by atoms with Gasteiger partial charge in [0.05, 0.1) is 9.14 Å². The fourth-order valence-electron chi connectivity index (χ4n) is 1.50. The Morgan fingerprint density at radius 1 is 1.21 bits per heavy atom. The van der Waals surface area contributed by atoms with Gasteiger partial charge in [-0.25, -0.2) is 8.42 Å². The number of thiophene rings is 1. The van der Waals surface area contributed by atoms with Gasteiger partial charge in [0.2, 0.25) is 10.0 Å². The summed E-state index contributed by atoms with van der Waals surface area (Å²) in [5.41, 5.74) is 1.63. The predicted octanol–water partition coefficient (Wildman–Crippen LogP) is 2.96. The second-order valence-electron chi connectivity index (χ2n) is 3.92. The van der Waals surface area contributed by atoms with Gasteiger partial charge in [-0.2, -0.15) is 0 Å². The van der Waals surface area contributed by atoms with Crippen LogP contribution in [0.2, 0.25) is 0 Å². The maximum absolute atomic E-state index is 12.1. The Labute approximate surface area is 129 Å². The van der Waals surface area contributed by atoms with Gasteiger partial charge >= 0.3 is 0 Å². The molecule has 0 amide bonds. The molecule has 1 heterocycles. The fraction of sp³-hybridized carbons (Fsp3) is 0.0833. The molecule has 4 nitrogen and oxygen atoms in total. The van der Waals surface area contributed by atoms with Gasteiger partial charge in [0.25, 0.3) is 0 Å². The molecule has 0 unspecified atom stereocenters. The van der Waals surface area contributed by atoms with Crippen LogP contribution in [0.3, 0.4) is 0 Å². The van der Waals surface area contributed by atoms with Crippen LogP contribution in [0.25, 0.3) is 0 Å². The van der Waals surface area contributed by atoms with E-state index in [0.29, 0.717) is 16.8 Å². The molecule has 1 aromatic carbocycles. The van der Waals surface area contributed by atoms with E-state index in [0.717, 1.165) is 9.14 Å². The quantitative estimate of drug-likeness (QED) is 0.626. The first-order chi connectivity index (χ1) is 8.85. The zero-order valence-corrected chi connectivity index (χ0v) is 13.7. The Kier molecular flexibility index (Phi) is 4.26. The van der Waals surface area contributed by atoms with Crippen molar-refractivity contribution in [1.29, 1.82) is 0 Å². The molecular weight excluding hydrogens is 397 g/mol. The van der Waals surface area contributed by atoms with Crippen LogP contribution in [-0.2, 0) is 10.0 Å². The van der Waals surface area contributed by atoms with Crippen molar-refractivity contribution < 1.29 is 13.2 Å². The molecule has 1 aromatic heterocycles. The normalized spacial score (nSPS) is 11.3. The Balaban J connectivity index is 2.21. The topological polar surface area (TPSA) is 63.2 Å². The minimum atomic E-state index is -3.29. The van der Waals surface area contributed by atoms with E-state index in [1.165, 1.54) is 11.3 Å². The molecule has 2 aromatic rings. The molecule has 0 spiro atoms. The smallest absolute Gasteiger partial charge is 0.229 e. The lowest BCUT2D eigenvalue weighted by molar-refractivity contribution is 0.103. The molecule has 100 valence electrons. The Morgan fingerprint density at radius 3 is 2.32 bits per heavy atom. The first-order valence-corrected chi connectivity index (χ1v) is 9.07. The van der Waals surface area contributed by atoms with Crippen LogP contribution >= 0.6 is 33.9 Å². The van der Waals surface area contributed by atoms with Crippen molar-refractivity contribution in [3.8, 4) is 0 Å². The zero-order valence-electron chi connectivity index (χ0n) is 9.88. The van der Waals surface area contributed by atoms with Crippen molar-refractivity contribution in [2.24, 2.45) is 0 Å². The standard InChI is InChI=1S/C12H10INO3S2/c1-19(16,17)14-10-4-2-8(3-5-10)12(15)9-6-11(13)18-7-9/h2-7,14H,1H3. The number of halogens is 1. The van der Waals surface area contributed by atoms with Crippen LogP contribution in [0.1, 0.15) is 15.9 Å². The highest BCUT2D eigenvalue weighted by Gasteiger charge is 2.11. The number of nitrogens with one attached hydrogen (secondary N) is 1. The molecular formula is C12H10INO3S2. The summed E-state index contributed by atoms with van der Waals surface area (Å²) in [5, 5.41) is 1.81. The average molecular weight is 407 g/mol. The Bertz CT molecular complexity index is 705. The fourth-order valence-corrected chi connectivity index (χ4v) is 3.39. The van der Waals surface area contributed by atoms with E-state index >= 15 is 0 Å². The molecule has 0 saturated carbocycles. The lowest BCUT2D eigenvalue weighted by Gasteiger charge is -2.04. The highest BCUT2D eigenvalue weighted by Crippen LogP contribution is 2.20. The first-order valence-electron chi connectivity index (χ1n) is 5.22. The summed E-state index contributed by atoms with van der Waals surface area (Å²) in [4.78, 5) is 12.1. The van der Waals surface area contributed by atoms with Crippen molar-refractivity contribution >= 4 is 55.4 Å². The van der Waals surface area contributed by atoms with Gasteiger partial charge in [0.1, 0.15) is 0 Å². The maximum Gasteiger partial charge on any atom is 0.229 e. The van der Waals surface area contributed by atoms with Crippen LogP contribution in [0.15, 0.2) is 35.7 Å². The van der Waals surface area contributed by atoms with Crippen LogP contribution in [0.5, 0.6) is 0 Å². The molecule has 1 N–H and O–H groups in total. The third kappa shape index (κ3) is 4.02. The van der Waals surface area contributed by atoms with Gasteiger partial charge in [-0.3, -0.25) is 9.52 Å². The van der Waals surface area contributed by atoms with Gasteiger partial charge in [-0.15, -0.1) is 11.3 Å². The molecule has 0 bridgehead atoms. The van der Waals surface area contributed by atoms with Crippen molar-refractivity contribution in [1.82, 2.24) is 0 Å². The third-order valence-corrected chi connectivity index (χ3v) is 4.68. The van der Waals surface area contributed by atoms with E-state index in [-0.39, 0.29) is 5.78 Å². The number of carbonyl (C=O) groups is 1. The molecule has 19 heavy (non-hydrogen) atoms. The van der Waals surface area contributed by atoms with E-state index in [1.807, 2.05) is 11.4 Å². The van der Waals surface area contributed by atoms with E-state index in [2.05, 4.69) is 27.3 Å². The zero-order chi connectivity index (χ0) is 14.0. The Hall–Kier alpha value is -0.930. The summed E-state index contributed by atoms with van der Waals surface area (Å²) in [6.45, 7) is 0. The predicted molar refractivity (Wildman–Crippen MR) is 85.4 cm³/mol. The van der Waals surface area contributed by atoms with Crippen molar-refractivity contribution in [3.63, 3.8) is 0 Å². The van der Waals surface area contributed by atoms with Crippen LogP contribution in [0.4, 0.5) is 5.69 Å². The number of hydrogen-bond donors (Lipinski definition) is 1. The number of carbonyl (C=O) groups excluding carboxylic acids is 1. The third-order valence-electron chi connectivity index (χ3n) is 2.28. The van der Waals surface area contributed by atoms with E-state index in [4.69, 9.17) is 0 Å². The summed E-state index contributed by atoms with van der Waals surface area (Å²) in [6.07, 6.45) is 1.08. The average Bonchev–Trinajstić information content (AvgIpc) is 2.74. The van der Waals surface area contributed by atoms with Crippen LogP contribution in [-0.4, -0.2) is 20.5 Å². The summed E-state index contributed by atoms with van der Waals surface area (Å²) >= 11 is 3.68. The summed E-state index contributed by atoms with van der Waals surface area (Å²) in [5.74, 6) is -0.0647. The lowest BCUT2D eigenvalue weighted by Crippen LogP contribution is -2.09. The molecule has 0 saturated heterocycles. The van der Waals surface area contributed by atoms with E-state index in [1.54, 1.807) is 24.3 Å². The molecule has 7 heteroatoms. The van der Waals surface area contributed by atoms with Gasteiger partial charge in [-0.1, -0.05) is 0 Å².